The van der Waals surface area contributed by atoms with Crippen molar-refractivity contribution in [2.24, 2.45) is 0 Å². The molecule has 2 fully saturated rings. The van der Waals surface area contributed by atoms with Crippen LogP contribution in [0, 0.1) is 0 Å². The van der Waals surface area contributed by atoms with Crippen molar-refractivity contribution in [2.75, 3.05) is 44.2 Å². The van der Waals surface area contributed by atoms with Crippen LogP contribution < -0.4 is 15.5 Å². The zero-order valence-corrected chi connectivity index (χ0v) is 15.5. The van der Waals surface area contributed by atoms with Gasteiger partial charge in [-0.3, -0.25) is 14.6 Å². The molecule has 0 aromatic heterocycles. The van der Waals surface area contributed by atoms with Gasteiger partial charge in [0.25, 0.3) is 5.91 Å². The molecule has 7 nitrogen and oxygen atoms in total. The number of nitrogens with one attached hydrogen (secondary N) is 2. The van der Waals surface area contributed by atoms with Gasteiger partial charge in [0.1, 0.15) is 0 Å². The van der Waals surface area contributed by atoms with Crippen molar-refractivity contribution in [3.8, 4) is 0 Å². The molecule has 2 N–H and O–H groups in total. The number of hydrogen-bond donors (Lipinski definition) is 2. The quantitative estimate of drug-likeness (QED) is 0.753. The van der Waals surface area contributed by atoms with E-state index in [4.69, 9.17) is 4.74 Å². The highest BCUT2D eigenvalue weighted by Crippen LogP contribution is 2.17. The van der Waals surface area contributed by atoms with Crippen molar-refractivity contribution in [2.45, 2.75) is 32.5 Å². The fourth-order valence-corrected chi connectivity index (χ4v) is 3.58. The molecule has 2 heterocycles. The Bertz CT molecular complexity index is 624. The van der Waals surface area contributed by atoms with Gasteiger partial charge in [-0.25, -0.2) is 4.79 Å². The van der Waals surface area contributed by atoms with Crippen LogP contribution in [0.5, 0.6) is 0 Å². The molecule has 0 aliphatic carbocycles. The maximum Gasteiger partial charge on any atom is 0.321 e. The van der Waals surface area contributed by atoms with Crippen molar-refractivity contribution in [1.82, 2.24) is 15.5 Å². The lowest BCUT2D eigenvalue weighted by molar-refractivity contribution is -0.0679. The van der Waals surface area contributed by atoms with E-state index >= 15 is 0 Å². The molecule has 2 aliphatic rings. The third-order valence-corrected chi connectivity index (χ3v) is 4.73. The van der Waals surface area contributed by atoms with Crippen LogP contribution >= 0.6 is 0 Å². The third kappa shape index (κ3) is 4.74. The van der Waals surface area contributed by atoms with Crippen LogP contribution in [0.15, 0.2) is 24.3 Å². The molecule has 3 rings (SSSR count). The van der Waals surface area contributed by atoms with Crippen molar-refractivity contribution < 1.29 is 14.3 Å². The average molecular weight is 360 g/mol. The first-order chi connectivity index (χ1) is 12.5. The molecule has 3 amide bonds. The molecule has 2 unspecified atom stereocenters. The van der Waals surface area contributed by atoms with Crippen molar-refractivity contribution in [1.29, 1.82) is 0 Å². The van der Waals surface area contributed by atoms with Gasteiger partial charge in [0, 0.05) is 50.5 Å². The lowest BCUT2D eigenvalue weighted by atomic mass is 10.2. The molecular formula is C19H28N4O3. The number of morpholine rings is 1. The predicted octanol–water partition coefficient (Wildman–Crippen LogP) is 1.45. The summed E-state index contributed by atoms with van der Waals surface area (Å²) in [4.78, 5) is 28.0. The average Bonchev–Trinajstić information content (AvgIpc) is 3.04. The molecule has 1 aromatic rings. The first-order valence-electron chi connectivity index (χ1n) is 9.34. The van der Waals surface area contributed by atoms with Gasteiger partial charge in [0.2, 0.25) is 0 Å². The second-order valence-corrected chi connectivity index (χ2v) is 7.06. The topological polar surface area (TPSA) is 73.9 Å². The summed E-state index contributed by atoms with van der Waals surface area (Å²) in [6.45, 7) is 9.01. The smallest absolute Gasteiger partial charge is 0.321 e. The zero-order chi connectivity index (χ0) is 18.5. The van der Waals surface area contributed by atoms with Crippen molar-refractivity contribution >= 4 is 17.6 Å². The molecule has 7 heteroatoms. The molecule has 2 aliphatic heterocycles. The summed E-state index contributed by atoms with van der Waals surface area (Å²) in [6, 6.07) is 7.07. The van der Waals surface area contributed by atoms with E-state index in [1.807, 2.05) is 12.1 Å². The predicted molar refractivity (Wildman–Crippen MR) is 101 cm³/mol. The normalized spacial score (nSPS) is 23.8. The standard InChI is InChI=1S/C19H28N4O3/c1-14-12-22(13-15(2)26-14)10-3-8-20-18(24)16-4-6-17(7-5-16)23-11-9-21-19(23)25/h4-7,14-15H,3,8-13H2,1-2H3,(H,20,24)(H,21,25). The van der Waals surface area contributed by atoms with Crippen LogP contribution in [0.4, 0.5) is 10.5 Å². The van der Waals surface area contributed by atoms with E-state index in [2.05, 4.69) is 29.4 Å². The second-order valence-electron chi connectivity index (χ2n) is 7.06. The number of rotatable bonds is 6. The monoisotopic (exact) mass is 360 g/mol. The zero-order valence-electron chi connectivity index (χ0n) is 15.5. The number of anilines is 1. The Balaban J connectivity index is 1.41. The summed E-state index contributed by atoms with van der Waals surface area (Å²) in [5.41, 5.74) is 1.43. The number of carbonyl (C=O) groups is 2. The first kappa shape index (κ1) is 18.7. The number of carbonyl (C=O) groups excluding carboxylic acids is 2. The van der Waals surface area contributed by atoms with Crippen LogP contribution in [-0.2, 0) is 4.74 Å². The maximum absolute atomic E-state index is 12.3. The van der Waals surface area contributed by atoms with Crippen LogP contribution in [-0.4, -0.2) is 68.3 Å². The first-order valence-corrected chi connectivity index (χ1v) is 9.34. The molecule has 1 aromatic carbocycles. The SMILES string of the molecule is CC1CN(CCCNC(=O)c2ccc(N3CCNC3=O)cc2)CC(C)O1. The fraction of sp³-hybridized carbons (Fsp3) is 0.579. The van der Waals surface area contributed by atoms with Gasteiger partial charge in [-0.15, -0.1) is 0 Å². The van der Waals surface area contributed by atoms with Crippen molar-refractivity contribution in [3.63, 3.8) is 0 Å². The van der Waals surface area contributed by atoms with Gasteiger partial charge in [0.05, 0.1) is 12.2 Å². The summed E-state index contributed by atoms with van der Waals surface area (Å²) < 4.78 is 5.73. The summed E-state index contributed by atoms with van der Waals surface area (Å²) in [5.74, 6) is -0.0777. The highest BCUT2D eigenvalue weighted by atomic mass is 16.5. The molecule has 2 atom stereocenters. The van der Waals surface area contributed by atoms with E-state index < -0.39 is 0 Å². The number of benzene rings is 1. The van der Waals surface area contributed by atoms with E-state index in [9.17, 15) is 9.59 Å². The van der Waals surface area contributed by atoms with Gasteiger partial charge in [-0.2, -0.15) is 0 Å². The molecule has 0 bridgehead atoms. The summed E-state index contributed by atoms with van der Waals surface area (Å²) in [6.07, 6.45) is 1.45. The number of hydrogen-bond acceptors (Lipinski definition) is 4. The van der Waals surface area contributed by atoms with Gasteiger partial charge in [-0.1, -0.05) is 0 Å². The van der Waals surface area contributed by atoms with Gasteiger partial charge < -0.3 is 15.4 Å². The number of nitrogens with zero attached hydrogens (tertiary/aromatic N) is 2. The molecule has 0 spiro atoms. The van der Waals surface area contributed by atoms with Crippen LogP contribution in [0.2, 0.25) is 0 Å². The highest BCUT2D eigenvalue weighted by Gasteiger charge is 2.22. The Kier molecular flexibility index (Phi) is 6.11. The Morgan fingerprint density at radius 1 is 1.23 bits per heavy atom. The Labute approximate surface area is 154 Å². The summed E-state index contributed by atoms with van der Waals surface area (Å²) in [7, 11) is 0. The second kappa shape index (κ2) is 8.51. The fourth-order valence-electron chi connectivity index (χ4n) is 3.58. The lowest BCUT2D eigenvalue weighted by Gasteiger charge is -2.35. The minimum atomic E-state index is -0.0889. The van der Waals surface area contributed by atoms with Gasteiger partial charge in [0.15, 0.2) is 0 Å². The Hall–Kier alpha value is -2.12. The number of urea groups is 1. The van der Waals surface area contributed by atoms with Crippen LogP contribution in [0.3, 0.4) is 0 Å². The van der Waals surface area contributed by atoms with Crippen molar-refractivity contribution in [3.05, 3.63) is 29.8 Å². The van der Waals surface area contributed by atoms with Crippen LogP contribution in [0.25, 0.3) is 0 Å². The molecular weight excluding hydrogens is 332 g/mol. The van der Waals surface area contributed by atoms with E-state index in [1.165, 1.54) is 0 Å². The third-order valence-electron chi connectivity index (χ3n) is 4.73. The van der Waals surface area contributed by atoms with E-state index in [0.29, 0.717) is 25.2 Å². The van der Waals surface area contributed by atoms with Gasteiger partial charge in [-0.05, 0) is 44.5 Å². The summed E-state index contributed by atoms with van der Waals surface area (Å²) >= 11 is 0. The van der Waals surface area contributed by atoms with Gasteiger partial charge >= 0.3 is 6.03 Å². The van der Waals surface area contributed by atoms with E-state index in [0.717, 1.165) is 31.7 Å². The largest absolute Gasteiger partial charge is 0.373 e. The molecule has 26 heavy (non-hydrogen) atoms. The minimum Gasteiger partial charge on any atom is -0.373 e. The Morgan fingerprint density at radius 3 is 2.54 bits per heavy atom. The minimum absolute atomic E-state index is 0.0777. The van der Waals surface area contributed by atoms with E-state index in [1.54, 1.807) is 17.0 Å². The van der Waals surface area contributed by atoms with Crippen LogP contribution in [0.1, 0.15) is 30.6 Å². The Morgan fingerprint density at radius 2 is 1.92 bits per heavy atom. The number of amides is 3. The highest BCUT2D eigenvalue weighted by molar-refractivity contribution is 5.96. The molecule has 2 saturated heterocycles. The van der Waals surface area contributed by atoms with E-state index in [-0.39, 0.29) is 24.1 Å². The number of ether oxygens (including phenoxy) is 1. The molecule has 0 saturated carbocycles. The lowest BCUT2D eigenvalue weighted by Crippen LogP contribution is -2.46. The summed E-state index contributed by atoms with van der Waals surface area (Å²) in [5, 5.41) is 5.74. The molecule has 0 radical (unpaired) electrons. The maximum atomic E-state index is 12.3. The molecule has 142 valence electrons.